The average molecular weight is 574 g/mol. The molecule has 0 radical (unpaired) electrons. The van der Waals surface area contributed by atoms with E-state index in [1.165, 1.54) is 23.1 Å². The third kappa shape index (κ3) is 9.07. The van der Waals surface area contributed by atoms with Gasteiger partial charge in [-0.05, 0) is 47.9 Å². The van der Waals surface area contributed by atoms with E-state index in [-0.39, 0.29) is 24.6 Å². The van der Waals surface area contributed by atoms with Gasteiger partial charge in [0.15, 0.2) is 0 Å². The van der Waals surface area contributed by atoms with Crippen LogP contribution in [0.2, 0.25) is 5.02 Å². The first-order valence-electron chi connectivity index (χ1n) is 12.7. The number of anilines is 1. The van der Waals surface area contributed by atoms with Crippen molar-refractivity contribution in [3.05, 3.63) is 101 Å². The smallest absolute Gasteiger partial charge is 0.244 e. The summed E-state index contributed by atoms with van der Waals surface area (Å²) in [6.45, 7) is 1.89. The molecule has 0 aliphatic heterocycles. The zero-order valence-corrected chi connectivity index (χ0v) is 23.6. The standard InChI is InChI=1S/C29H33ClFN3O4S/c1-3-4-17-32-29(36)27(18-22-9-6-5-7-10-22)33(20-23-13-15-24(30)16-14-23)28(35)21-34(39(2,37)38)26-12-8-11-25(31)19-26/h5-16,19,27H,3-4,17-18,20-21H2,1-2H3,(H,32,36). The van der Waals surface area contributed by atoms with E-state index in [2.05, 4.69) is 5.32 Å². The van der Waals surface area contributed by atoms with Crippen LogP contribution < -0.4 is 9.62 Å². The number of hydrogen-bond donors (Lipinski definition) is 1. The van der Waals surface area contributed by atoms with Gasteiger partial charge in [-0.25, -0.2) is 12.8 Å². The predicted molar refractivity (Wildman–Crippen MR) is 152 cm³/mol. The number of amides is 2. The molecule has 3 aromatic carbocycles. The van der Waals surface area contributed by atoms with Gasteiger partial charge in [0, 0.05) is 24.5 Å². The molecule has 0 bridgehead atoms. The summed E-state index contributed by atoms with van der Waals surface area (Å²) in [6.07, 6.45) is 2.83. The number of nitrogens with zero attached hydrogens (tertiary/aromatic N) is 2. The van der Waals surface area contributed by atoms with E-state index >= 15 is 0 Å². The lowest BCUT2D eigenvalue weighted by Crippen LogP contribution is -2.53. The molecule has 1 atom stereocenters. The molecule has 2 amide bonds. The van der Waals surface area contributed by atoms with Crippen LogP contribution in [0.3, 0.4) is 0 Å². The van der Waals surface area contributed by atoms with E-state index in [9.17, 15) is 22.4 Å². The Morgan fingerprint density at radius 3 is 2.28 bits per heavy atom. The molecule has 1 unspecified atom stereocenters. The van der Waals surface area contributed by atoms with Crippen molar-refractivity contribution in [2.24, 2.45) is 0 Å². The van der Waals surface area contributed by atoms with Crippen molar-refractivity contribution in [2.75, 3.05) is 23.7 Å². The number of benzene rings is 3. The minimum Gasteiger partial charge on any atom is -0.354 e. The highest BCUT2D eigenvalue weighted by Crippen LogP contribution is 2.21. The molecule has 208 valence electrons. The van der Waals surface area contributed by atoms with Crippen molar-refractivity contribution in [1.82, 2.24) is 10.2 Å². The first kappa shape index (κ1) is 30.1. The molecular weight excluding hydrogens is 541 g/mol. The Morgan fingerprint density at radius 1 is 0.974 bits per heavy atom. The van der Waals surface area contributed by atoms with Crippen LogP contribution in [0, 0.1) is 5.82 Å². The summed E-state index contributed by atoms with van der Waals surface area (Å²) in [5.41, 5.74) is 1.57. The summed E-state index contributed by atoms with van der Waals surface area (Å²) in [5, 5.41) is 3.44. The highest BCUT2D eigenvalue weighted by atomic mass is 35.5. The van der Waals surface area contributed by atoms with Crippen LogP contribution in [0.1, 0.15) is 30.9 Å². The monoisotopic (exact) mass is 573 g/mol. The Hall–Kier alpha value is -3.43. The zero-order valence-electron chi connectivity index (χ0n) is 22.0. The lowest BCUT2D eigenvalue weighted by Gasteiger charge is -2.33. The topological polar surface area (TPSA) is 86.8 Å². The first-order chi connectivity index (χ1) is 18.6. The van der Waals surface area contributed by atoms with Crippen molar-refractivity contribution < 1.29 is 22.4 Å². The van der Waals surface area contributed by atoms with Gasteiger partial charge in [-0.2, -0.15) is 0 Å². The Kier molecular flexibility index (Phi) is 10.9. The predicted octanol–water partition coefficient (Wildman–Crippen LogP) is 4.80. The molecule has 0 heterocycles. The van der Waals surface area contributed by atoms with Crippen LogP contribution >= 0.6 is 11.6 Å². The quantitative estimate of drug-likeness (QED) is 0.298. The van der Waals surface area contributed by atoms with Gasteiger partial charge in [-0.15, -0.1) is 0 Å². The van der Waals surface area contributed by atoms with Gasteiger partial charge in [0.25, 0.3) is 0 Å². The molecule has 0 aliphatic carbocycles. The fourth-order valence-electron chi connectivity index (χ4n) is 4.09. The van der Waals surface area contributed by atoms with Crippen LogP contribution in [0.25, 0.3) is 0 Å². The minimum absolute atomic E-state index is 0.0179. The van der Waals surface area contributed by atoms with Gasteiger partial charge in [0.05, 0.1) is 11.9 Å². The molecule has 10 heteroatoms. The van der Waals surface area contributed by atoms with Crippen molar-refractivity contribution in [3.8, 4) is 0 Å². The van der Waals surface area contributed by atoms with Crippen LogP contribution in [0.4, 0.5) is 10.1 Å². The molecule has 0 aromatic heterocycles. The van der Waals surface area contributed by atoms with E-state index in [4.69, 9.17) is 11.6 Å². The molecule has 39 heavy (non-hydrogen) atoms. The summed E-state index contributed by atoms with van der Waals surface area (Å²) in [4.78, 5) is 28.8. The Labute approximate surface area is 234 Å². The number of carbonyl (C=O) groups excluding carboxylic acids is 2. The fraction of sp³-hybridized carbons (Fsp3) is 0.310. The van der Waals surface area contributed by atoms with E-state index in [1.807, 2.05) is 37.3 Å². The number of sulfonamides is 1. The van der Waals surface area contributed by atoms with Gasteiger partial charge in [-0.1, -0.05) is 73.5 Å². The largest absolute Gasteiger partial charge is 0.354 e. The van der Waals surface area contributed by atoms with Crippen LogP contribution in [-0.4, -0.2) is 50.5 Å². The van der Waals surface area contributed by atoms with Crippen molar-refractivity contribution in [3.63, 3.8) is 0 Å². The number of hydrogen-bond acceptors (Lipinski definition) is 4. The fourth-order valence-corrected chi connectivity index (χ4v) is 5.06. The molecule has 3 rings (SSSR count). The van der Waals surface area contributed by atoms with Gasteiger partial charge in [0.2, 0.25) is 21.8 Å². The average Bonchev–Trinajstić information content (AvgIpc) is 2.90. The summed E-state index contributed by atoms with van der Waals surface area (Å²) in [5.74, 6) is -1.58. The van der Waals surface area contributed by atoms with Gasteiger partial charge < -0.3 is 10.2 Å². The van der Waals surface area contributed by atoms with E-state index in [0.717, 1.165) is 35.0 Å². The SMILES string of the molecule is CCCCNC(=O)C(Cc1ccccc1)N(Cc1ccc(Cl)cc1)C(=O)CN(c1cccc(F)c1)S(C)(=O)=O. The second kappa shape index (κ2) is 14.1. The lowest BCUT2D eigenvalue weighted by molar-refractivity contribution is -0.140. The maximum absolute atomic E-state index is 14.0. The Balaban J connectivity index is 2.02. The maximum atomic E-state index is 14.0. The van der Waals surface area contributed by atoms with Crippen LogP contribution in [0.5, 0.6) is 0 Å². The Morgan fingerprint density at radius 2 is 1.67 bits per heavy atom. The third-order valence-corrected chi connectivity index (χ3v) is 7.53. The van der Waals surface area contributed by atoms with Gasteiger partial charge >= 0.3 is 0 Å². The number of halogens is 2. The highest BCUT2D eigenvalue weighted by Gasteiger charge is 2.33. The van der Waals surface area contributed by atoms with E-state index in [0.29, 0.717) is 17.1 Å². The van der Waals surface area contributed by atoms with Crippen molar-refractivity contribution in [1.29, 1.82) is 0 Å². The summed E-state index contributed by atoms with van der Waals surface area (Å²) < 4.78 is 40.2. The summed E-state index contributed by atoms with van der Waals surface area (Å²) in [6, 6.07) is 20.3. The lowest BCUT2D eigenvalue weighted by atomic mass is 10.0. The third-order valence-electron chi connectivity index (χ3n) is 6.14. The second-order valence-corrected chi connectivity index (χ2v) is 11.6. The van der Waals surface area contributed by atoms with Crippen molar-refractivity contribution in [2.45, 2.75) is 38.8 Å². The minimum atomic E-state index is -3.96. The highest BCUT2D eigenvalue weighted by molar-refractivity contribution is 7.92. The molecule has 7 nitrogen and oxygen atoms in total. The van der Waals surface area contributed by atoms with Gasteiger partial charge in [-0.3, -0.25) is 13.9 Å². The number of carbonyl (C=O) groups is 2. The summed E-state index contributed by atoms with van der Waals surface area (Å²) >= 11 is 6.05. The molecule has 0 fully saturated rings. The number of unbranched alkanes of at least 4 members (excludes halogenated alkanes) is 1. The van der Waals surface area contributed by atoms with E-state index in [1.54, 1.807) is 24.3 Å². The number of nitrogens with one attached hydrogen (secondary N) is 1. The van der Waals surface area contributed by atoms with Crippen molar-refractivity contribution >= 4 is 39.1 Å². The molecule has 3 aromatic rings. The van der Waals surface area contributed by atoms with E-state index < -0.39 is 34.3 Å². The molecule has 0 saturated carbocycles. The molecule has 0 aliphatic rings. The van der Waals surface area contributed by atoms with Crippen LogP contribution in [-0.2, 0) is 32.6 Å². The first-order valence-corrected chi connectivity index (χ1v) is 14.9. The normalized spacial score (nSPS) is 12.0. The molecule has 1 N–H and O–H groups in total. The summed E-state index contributed by atoms with van der Waals surface area (Å²) in [7, 11) is -3.96. The second-order valence-electron chi connectivity index (χ2n) is 9.25. The maximum Gasteiger partial charge on any atom is 0.244 e. The Bertz CT molecular complexity index is 1350. The van der Waals surface area contributed by atoms with Crippen LogP contribution in [0.15, 0.2) is 78.9 Å². The molecule has 0 saturated heterocycles. The number of rotatable bonds is 13. The molecular formula is C29H33ClFN3O4S. The van der Waals surface area contributed by atoms with Gasteiger partial charge in [0.1, 0.15) is 18.4 Å². The molecule has 0 spiro atoms. The zero-order chi connectivity index (χ0) is 28.4.